The molecule has 1 atom stereocenters. The van der Waals surface area contributed by atoms with Crippen LogP contribution in [0, 0.1) is 0 Å². The number of hydrogen-bond acceptors (Lipinski definition) is 5. The van der Waals surface area contributed by atoms with Crippen LogP contribution in [0.5, 0.6) is 0 Å². The lowest BCUT2D eigenvalue weighted by Crippen LogP contribution is -2.25. The molecule has 0 aliphatic carbocycles. The van der Waals surface area contributed by atoms with Crippen molar-refractivity contribution >= 4 is 17.2 Å². The van der Waals surface area contributed by atoms with Gasteiger partial charge in [-0.1, -0.05) is 6.07 Å². The summed E-state index contributed by atoms with van der Waals surface area (Å²) in [5.41, 5.74) is 0.924. The van der Waals surface area contributed by atoms with Gasteiger partial charge in [0.1, 0.15) is 5.69 Å². The van der Waals surface area contributed by atoms with Gasteiger partial charge in [0.15, 0.2) is 0 Å². The Kier molecular flexibility index (Phi) is 4.37. The molecule has 7 nitrogen and oxygen atoms in total. The lowest BCUT2D eigenvalue weighted by Gasteiger charge is -2.16. The largest absolute Gasteiger partial charge is 0.376 e. The summed E-state index contributed by atoms with van der Waals surface area (Å²) in [5, 5.41) is 11.3. The third-order valence-corrected chi connectivity index (χ3v) is 5.18. The van der Waals surface area contributed by atoms with Crippen molar-refractivity contribution < 1.29 is 9.53 Å². The Morgan fingerprint density at radius 2 is 2.40 bits per heavy atom. The van der Waals surface area contributed by atoms with Crippen LogP contribution in [-0.4, -0.2) is 33.4 Å². The van der Waals surface area contributed by atoms with E-state index in [1.54, 1.807) is 23.7 Å². The van der Waals surface area contributed by atoms with E-state index in [-0.39, 0.29) is 17.6 Å². The number of rotatable bonds is 5. The van der Waals surface area contributed by atoms with Crippen molar-refractivity contribution in [3.8, 4) is 11.3 Å². The number of fused-ring (bicyclic) bond motifs is 1. The first-order chi connectivity index (χ1) is 12.2. The molecular formula is C17H18N4O3S. The number of aromatic amines is 1. The number of aromatic nitrogens is 3. The van der Waals surface area contributed by atoms with Crippen LogP contribution in [0.15, 0.2) is 34.7 Å². The smallest absolute Gasteiger partial charge is 0.275 e. The summed E-state index contributed by atoms with van der Waals surface area (Å²) in [6.07, 6.45) is 5.62. The van der Waals surface area contributed by atoms with Crippen molar-refractivity contribution in [2.24, 2.45) is 0 Å². The molecule has 0 spiro atoms. The summed E-state index contributed by atoms with van der Waals surface area (Å²) in [6.45, 7) is 1.83. The van der Waals surface area contributed by atoms with Crippen molar-refractivity contribution in [1.82, 2.24) is 20.1 Å². The molecule has 130 valence electrons. The van der Waals surface area contributed by atoms with E-state index in [2.05, 4.69) is 15.5 Å². The zero-order chi connectivity index (χ0) is 17.2. The molecule has 1 aromatic heterocycles. The van der Waals surface area contributed by atoms with Crippen molar-refractivity contribution in [3.63, 3.8) is 0 Å². The third-order valence-electron chi connectivity index (χ3n) is 4.30. The third kappa shape index (κ3) is 3.35. The highest BCUT2D eigenvalue weighted by Crippen LogP contribution is 2.22. The number of nitrogens with one attached hydrogen (secondary N) is 2. The van der Waals surface area contributed by atoms with Crippen LogP contribution in [0.2, 0.25) is 0 Å². The number of nitrogens with zero attached hydrogens (tertiary/aromatic N) is 2. The average molecular weight is 358 g/mol. The SMILES string of the molecule is O=C(NCc1cccs1)c1cn(C[C@H]2CCCO2)cc2c(=O)[nH]nc1-2. The molecule has 3 aliphatic rings. The van der Waals surface area contributed by atoms with Crippen LogP contribution in [0.4, 0.5) is 0 Å². The molecule has 1 amide bonds. The lowest BCUT2D eigenvalue weighted by atomic mass is 10.1. The Morgan fingerprint density at radius 3 is 3.16 bits per heavy atom. The van der Waals surface area contributed by atoms with Gasteiger partial charge in [-0.15, -0.1) is 11.3 Å². The Bertz CT molecular complexity index is 893. The van der Waals surface area contributed by atoms with E-state index in [4.69, 9.17) is 4.74 Å². The molecule has 0 saturated carbocycles. The molecule has 0 unspecified atom stereocenters. The Labute approximate surface area is 148 Å². The number of carbonyl (C=O) groups excluding carboxylic acids is 1. The predicted octanol–water partition coefficient (Wildman–Crippen LogP) is 1.85. The molecule has 4 rings (SSSR count). The number of H-pyrrole nitrogens is 1. The predicted molar refractivity (Wildman–Crippen MR) is 93.9 cm³/mol. The summed E-state index contributed by atoms with van der Waals surface area (Å²) < 4.78 is 7.51. The molecule has 0 bridgehead atoms. The van der Waals surface area contributed by atoms with E-state index in [0.717, 1.165) is 24.3 Å². The maximum atomic E-state index is 12.6. The normalized spacial score (nSPS) is 17.2. The number of amides is 1. The van der Waals surface area contributed by atoms with Crippen LogP contribution in [0.1, 0.15) is 28.1 Å². The van der Waals surface area contributed by atoms with E-state index >= 15 is 0 Å². The van der Waals surface area contributed by atoms with Gasteiger partial charge in [-0.05, 0) is 24.3 Å². The van der Waals surface area contributed by atoms with Gasteiger partial charge in [0.2, 0.25) is 0 Å². The van der Waals surface area contributed by atoms with Gasteiger partial charge < -0.3 is 14.6 Å². The van der Waals surface area contributed by atoms with E-state index in [0.29, 0.717) is 29.9 Å². The summed E-state index contributed by atoms with van der Waals surface area (Å²) in [5.74, 6) is -0.244. The quantitative estimate of drug-likeness (QED) is 0.728. The molecule has 4 heterocycles. The molecule has 1 aromatic rings. The van der Waals surface area contributed by atoms with E-state index in [9.17, 15) is 9.59 Å². The monoisotopic (exact) mass is 358 g/mol. The topological polar surface area (TPSA) is 89.0 Å². The van der Waals surface area contributed by atoms with Gasteiger partial charge in [0.25, 0.3) is 11.5 Å². The minimum atomic E-state index is -0.288. The highest BCUT2D eigenvalue weighted by Gasteiger charge is 2.23. The van der Waals surface area contributed by atoms with E-state index in [1.165, 1.54) is 0 Å². The molecule has 25 heavy (non-hydrogen) atoms. The molecule has 8 heteroatoms. The average Bonchev–Trinajstić information content (AvgIpc) is 3.36. The molecule has 2 N–H and O–H groups in total. The van der Waals surface area contributed by atoms with Gasteiger partial charge in [0, 0.05) is 30.4 Å². The highest BCUT2D eigenvalue weighted by molar-refractivity contribution is 7.09. The van der Waals surface area contributed by atoms with Gasteiger partial charge in [-0.2, -0.15) is 5.10 Å². The molecular weight excluding hydrogens is 340 g/mol. The van der Waals surface area contributed by atoms with Crippen LogP contribution in [-0.2, 0) is 17.8 Å². The Balaban J connectivity index is 1.61. The van der Waals surface area contributed by atoms with Gasteiger partial charge >= 0.3 is 0 Å². The van der Waals surface area contributed by atoms with Gasteiger partial charge in [-0.3, -0.25) is 9.59 Å². The second kappa shape index (κ2) is 6.81. The zero-order valence-electron chi connectivity index (χ0n) is 13.5. The van der Waals surface area contributed by atoms with Crippen molar-refractivity contribution in [2.75, 3.05) is 6.61 Å². The summed E-state index contributed by atoms with van der Waals surface area (Å²) in [7, 11) is 0. The first-order valence-corrected chi connectivity index (χ1v) is 9.09. The van der Waals surface area contributed by atoms with Crippen molar-refractivity contribution in [1.29, 1.82) is 0 Å². The summed E-state index contributed by atoms with van der Waals surface area (Å²) in [4.78, 5) is 25.7. The molecule has 1 fully saturated rings. The zero-order valence-corrected chi connectivity index (χ0v) is 14.3. The Hall–Kier alpha value is -2.45. The van der Waals surface area contributed by atoms with Crippen LogP contribution >= 0.6 is 11.3 Å². The number of pyridine rings is 1. The lowest BCUT2D eigenvalue weighted by molar-refractivity contribution is 0.0936. The summed E-state index contributed by atoms with van der Waals surface area (Å²) in [6, 6.07) is 3.91. The number of hydrogen-bond donors (Lipinski definition) is 2. The number of ether oxygens (including phenoxy) is 1. The first kappa shape index (κ1) is 16.0. The minimum Gasteiger partial charge on any atom is -0.376 e. The van der Waals surface area contributed by atoms with Gasteiger partial charge in [-0.25, -0.2) is 5.10 Å². The number of carbonyl (C=O) groups is 1. The maximum absolute atomic E-state index is 12.6. The standard InChI is InChI=1S/C17H18N4O3S/c22-16(18-7-12-4-2-6-25-12)13-9-21(8-11-3-1-5-24-11)10-14-15(13)19-20-17(14)23/h2,4,6,9-11H,1,3,5,7-8H2,(H,18,22)(H,20,23)/t11-/m1/s1. The first-order valence-electron chi connectivity index (χ1n) is 8.21. The van der Waals surface area contributed by atoms with E-state index < -0.39 is 0 Å². The van der Waals surface area contributed by atoms with Crippen LogP contribution < -0.4 is 10.9 Å². The second-order valence-electron chi connectivity index (χ2n) is 6.08. The minimum absolute atomic E-state index is 0.117. The van der Waals surface area contributed by atoms with Crippen LogP contribution in [0.25, 0.3) is 11.3 Å². The highest BCUT2D eigenvalue weighted by atomic mass is 32.1. The maximum Gasteiger partial charge on any atom is 0.275 e. The second-order valence-corrected chi connectivity index (χ2v) is 7.11. The van der Waals surface area contributed by atoms with E-state index in [1.807, 2.05) is 22.1 Å². The van der Waals surface area contributed by atoms with Crippen molar-refractivity contribution in [2.45, 2.75) is 32.0 Å². The Morgan fingerprint density at radius 1 is 1.48 bits per heavy atom. The van der Waals surface area contributed by atoms with Crippen LogP contribution in [0.3, 0.4) is 0 Å². The number of thiophene rings is 1. The molecule has 1 saturated heterocycles. The van der Waals surface area contributed by atoms with Crippen molar-refractivity contribution in [3.05, 3.63) is 50.7 Å². The molecule has 0 radical (unpaired) electrons. The molecule has 0 aromatic carbocycles. The molecule has 3 aliphatic heterocycles. The van der Waals surface area contributed by atoms with Gasteiger partial charge in [0.05, 0.1) is 23.8 Å². The fraction of sp³-hybridized carbons (Fsp3) is 0.353. The summed E-state index contributed by atoms with van der Waals surface area (Å²) >= 11 is 1.58. The fourth-order valence-corrected chi connectivity index (χ4v) is 3.71. The fourth-order valence-electron chi connectivity index (χ4n) is 3.06.